The van der Waals surface area contributed by atoms with Gasteiger partial charge >= 0.3 is 5.69 Å². The molecule has 90 valence electrons. The van der Waals surface area contributed by atoms with Crippen molar-refractivity contribution < 1.29 is 0 Å². The van der Waals surface area contributed by atoms with Crippen LogP contribution in [0.2, 0.25) is 0 Å². The maximum atomic E-state index is 11.7. The molecule has 2 aromatic rings. The van der Waals surface area contributed by atoms with Crippen molar-refractivity contribution in [1.82, 2.24) is 24.3 Å². The van der Waals surface area contributed by atoms with Crippen molar-refractivity contribution in [2.75, 3.05) is 5.32 Å². The third-order valence-electron chi connectivity index (χ3n) is 2.30. The van der Waals surface area contributed by atoms with Crippen LogP contribution in [-0.2, 0) is 20.6 Å². The molecular weight excluding hydrogens is 224 g/mol. The molecule has 0 atom stereocenters. The van der Waals surface area contributed by atoms with Crippen molar-refractivity contribution in [2.24, 2.45) is 14.1 Å². The number of imidazole rings is 1. The van der Waals surface area contributed by atoms with Gasteiger partial charge in [-0.1, -0.05) is 0 Å². The van der Waals surface area contributed by atoms with Crippen LogP contribution in [0.5, 0.6) is 0 Å². The van der Waals surface area contributed by atoms with Gasteiger partial charge < -0.3 is 10.3 Å². The van der Waals surface area contributed by atoms with E-state index in [4.69, 9.17) is 0 Å². The second kappa shape index (κ2) is 4.24. The Hall–Kier alpha value is -2.38. The van der Waals surface area contributed by atoms with Crippen LogP contribution in [0.15, 0.2) is 22.0 Å². The van der Waals surface area contributed by atoms with Crippen LogP contribution in [0.25, 0.3) is 0 Å². The Morgan fingerprint density at radius 2 is 2.18 bits per heavy atom. The molecule has 2 heterocycles. The van der Waals surface area contributed by atoms with E-state index in [9.17, 15) is 9.59 Å². The number of nitrogens with one attached hydrogen (secondary N) is 2. The molecule has 0 spiro atoms. The van der Waals surface area contributed by atoms with Gasteiger partial charge in [-0.15, -0.1) is 5.10 Å². The molecule has 2 N–H and O–H groups in total. The predicted octanol–water partition coefficient (Wildman–Crippen LogP) is -1.19. The summed E-state index contributed by atoms with van der Waals surface area (Å²) in [4.78, 5) is 30.0. The van der Waals surface area contributed by atoms with Crippen LogP contribution in [0.3, 0.4) is 0 Å². The molecule has 8 heteroatoms. The largest absolute Gasteiger partial charge is 0.357 e. The summed E-state index contributed by atoms with van der Waals surface area (Å²) in [5, 5.41) is 6.68. The van der Waals surface area contributed by atoms with Gasteiger partial charge in [0.2, 0.25) is 5.82 Å². The number of nitrogens with zero attached hydrogens (tertiary/aromatic N) is 4. The predicted molar refractivity (Wildman–Crippen MR) is 60.6 cm³/mol. The van der Waals surface area contributed by atoms with E-state index in [-0.39, 0.29) is 5.82 Å². The highest BCUT2D eigenvalue weighted by molar-refractivity contribution is 5.29. The maximum Gasteiger partial charge on any atom is 0.346 e. The topological polar surface area (TPSA) is 97.6 Å². The molecule has 0 fully saturated rings. The van der Waals surface area contributed by atoms with Gasteiger partial charge in [-0.2, -0.15) is 0 Å². The zero-order valence-corrected chi connectivity index (χ0v) is 9.47. The number of rotatable bonds is 3. The van der Waals surface area contributed by atoms with Crippen molar-refractivity contribution in [3.63, 3.8) is 0 Å². The normalized spacial score (nSPS) is 10.5. The lowest BCUT2D eigenvalue weighted by molar-refractivity contribution is 0.604. The number of aromatic nitrogens is 5. The van der Waals surface area contributed by atoms with E-state index in [1.165, 1.54) is 14.1 Å². The van der Waals surface area contributed by atoms with Crippen LogP contribution in [0.1, 0.15) is 5.82 Å². The first-order valence-electron chi connectivity index (χ1n) is 4.96. The average Bonchev–Trinajstić information content (AvgIpc) is 2.82. The average molecular weight is 236 g/mol. The van der Waals surface area contributed by atoms with Gasteiger partial charge in [0.1, 0.15) is 5.82 Å². The second-order valence-corrected chi connectivity index (χ2v) is 3.51. The molecule has 0 aromatic carbocycles. The van der Waals surface area contributed by atoms with Gasteiger partial charge in [0, 0.05) is 26.5 Å². The molecule has 0 aliphatic rings. The Morgan fingerprint density at radius 3 is 2.82 bits per heavy atom. The van der Waals surface area contributed by atoms with E-state index >= 15 is 0 Å². The third kappa shape index (κ3) is 2.10. The molecule has 2 rings (SSSR count). The van der Waals surface area contributed by atoms with Crippen molar-refractivity contribution in [3.8, 4) is 0 Å². The Kier molecular flexibility index (Phi) is 2.77. The summed E-state index contributed by atoms with van der Waals surface area (Å²) in [7, 11) is 2.89. The fraction of sp³-hybridized carbons (Fsp3) is 0.333. The summed E-state index contributed by atoms with van der Waals surface area (Å²) < 4.78 is 2.10. The lowest BCUT2D eigenvalue weighted by atomic mass is 10.5. The summed E-state index contributed by atoms with van der Waals surface area (Å²) in [5.41, 5.74) is -0.918. The smallest absolute Gasteiger partial charge is 0.346 e. The first-order chi connectivity index (χ1) is 8.09. The first kappa shape index (κ1) is 11.1. The summed E-state index contributed by atoms with van der Waals surface area (Å²) in [6.45, 7) is 0.341. The zero-order chi connectivity index (χ0) is 12.4. The standard InChI is InChI=1S/C9H12N6O2/c1-14-8(16)7(13-15(2)9(14)17)12-5-6-10-3-4-11-6/h3-4H,5H2,1-2H3,(H,10,11)(H,12,13). The molecule has 8 nitrogen and oxygen atoms in total. The number of hydrogen-bond acceptors (Lipinski definition) is 5. The highest BCUT2D eigenvalue weighted by Gasteiger charge is 2.08. The summed E-state index contributed by atoms with van der Waals surface area (Å²) in [5.74, 6) is 0.800. The number of aromatic amines is 1. The first-order valence-corrected chi connectivity index (χ1v) is 4.96. The minimum absolute atomic E-state index is 0.117. The summed E-state index contributed by atoms with van der Waals surface area (Å²) >= 11 is 0. The number of H-pyrrole nitrogens is 1. The van der Waals surface area contributed by atoms with Gasteiger partial charge in [-0.25, -0.2) is 14.5 Å². The van der Waals surface area contributed by atoms with E-state index in [1.807, 2.05) is 0 Å². The van der Waals surface area contributed by atoms with Crippen molar-refractivity contribution in [1.29, 1.82) is 0 Å². The second-order valence-electron chi connectivity index (χ2n) is 3.51. The van der Waals surface area contributed by atoms with Crippen molar-refractivity contribution >= 4 is 5.82 Å². The van der Waals surface area contributed by atoms with Gasteiger partial charge in [0.05, 0.1) is 6.54 Å². The van der Waals surface area contributed by atoms with Crippen LogP contribution >= 0.6 is 0 Å². The quantitative estimate of drug-likeness (QED) is 0.698. The number of aryl methyl sites for hydroxylation is 1. The molecule has 0 saturated carbocycles. The molecule has 17 heavy (non-hydrogen) atoms. The summed E-state index contributed by atoms with van der Waals surface area (Å²) in [6, 6.07) is 0. The molecule has 0 unspecified atom stereocenters. The van der Waals surface area contributed by atoms with E-state index < -0.39 is 11.2 Å². The maximum absolute atomic E-state index is 11.7. The molecule has 0 bridgehead atoms. The molecule has 0 radical (unpaired) electrons. The molecular formula is C9H12N6O2. The summed E-state index contributed by atoms with van der Waals surface area (Å²) in [6.07, 6.45) is 3.30. The van der Waals surface area contributed by atoms with Gasteiger partial charge in [0.25, 0.3) is 5.56 Å². The fourth-order valence-electron chi connectivity index (χ4n) is 1.37. The van der Waals surface area contributed by atoms with E-state index in [2.05, 4.69) is 20.4 Å². The van der Waals surface area contributed by atoms with E-state index in [0.717, 1.165) is 9.25 Å². The highest BCUT2D eigenvalue weighted by Crippen LogP contribution is 1.94. The van der Waals surface area contributed by atoms with E-state index in [0.29, 0.717) is 12.4 Å². The Labute approximate surface area is 95.9 Å². The molecule has 0 aliphatic carbocycles. The minimum atomic E-state index is -0.460. The van der Waals surface area contributed by atoms with Gasteiger partial charge in [0.15, 0.2) is 0 Å². The molecule has 2 aromatic heterocycles. The number of hydrogen-bond donors (Lipinski definition) is 2. The van der Waals surface area contributed by atoms with Crippen LogP contribution < -0.4 is 16.6 Å². The number of anilines is 1. The van der Waals surface area contributed by atoms with Gasteiger partial charge in [-0.3, -0.25) is 9.36 Å². The monoisotopic (exact) mass is 236 g/mol. The minimum Gasteiger partial charge on any atom is -0.357 e. The SMILES string of the molecule is Cn1nc(NCc2ncc[nH]2)c(=O)n(C)c1=O. The van der Waals surface area contributed by atoms with Crippen molar-refractivity contribution in [3.05, 3.63) is 39.1 Å². The fourth-order valence-corrected chi connectivity index (χ4v) is 1.37. The lowest BCUT2D eigenvalue weighted by Gasteiger charge is -2.06. The highest BCUT2D eigenvalue weighted by atomic mass is 16.2. The molecule has 0 amide bonds. The Morgan fingerprint density at radius 1 is 1.41 bits per heavy atom. The molecule has 0 saturated heterocycles. The zero-order valence-electron chi connectivity index (χ0n) is 9.47. The Bertz CT molecular complexity index is 624. The van der Waals surface area contributed by atoms with Crippen molar-refractivity contribution in [2.45, 2.75) is 6.54 Å². The van der Waals surface area contributed by atoms with Gasteiger partial charge in [-0.05, 0) is 0 Å². The Balaban J connectivity index is 2.28. The van der Waals surface area contributed by atoms with E-state index in [1.54, 1.807) is 12.4 Å². The van der Waals surface area contributed by atoms with Crippen LogP contribution in [-0.4, -0.2) is 24.3 Å². The third-order valence-corrected chi connectivity index (χ3v) is 2.30. The van der Waals surface area contributed by atoms with Crippen LogP contribution in [0.4, 0.5) is 5.82 Å². The molecule has 0 aliphatic heterocycles. The van der Waals surface area contributed by atoms with Crippen LogP contribution in [0, 0.1) is 0 Å². The lowest BCUT2D eigenvalue weighted by Crippen LogP contribution is -2.39.